The van der Waals surface area contributed by atoms with Gasteiger partial charge in [-0.15, -0.1) is 0 Å². The predicted octanol–water partition coefficient (Wildman–Crippen LogP) is 5.45. The molecule has 1 heteroatoms. The molecular weight excluding hydrogens is 284 g/mol. The second kappa shape index (κ2) is 5.77. The van der Waals surface area contributed by atoms with Gasteiger partial charge in [0.05, 0.1) is 0 Å². The molecule has 2 unspecified atom stereocenters. The smallest absolute Gasteiger partial charge is 0.0174 e. The van der Waals surface area contributed by atoms with Crippen LogP contribution in [0, 0.1) is 5.92 Å². The standard InChI is InChI=1S/C17H23Br/c18-17(15-11-12-15)10-4-8-14-7-3-6-13-5-1-2-9-16(13)14/h1-2,5,9,14-15,17H,3-4,6-8,10-12H2. The number of rotatable bonds is 5. The topological polar surface area (TPSA) is 0 Å². The van der Waals surface area contributed by atoms with Gasteiger partial charge in [-0.1, -0.05) is 46.6 Å². The van der Waals surface area contributed by atoms with Gasteiger partial charge >= 0.3 is 0 Å². The van der Waals surface area contributed by atoms with Crippen molar-refractivity contribution in [2.45, 2.75) is 62.1 Å². The summed E-state index contributed by atoms with van der Waals surface area (Å²) in [5, 5.41) is 0. The zero-order valence-electron chi connectivity index (χ0n) is 11.1. The fraction of sp³-hybridized carbons (Fsp3) is 0.647. The lowest BCUT2D eigenvalue weighted by atomic mass is 9.80. The highest BCUT2D eigenvalue weighted by Gasteiger charge is 2.29. The summed E-state index contributed by atoms with van der Waals surface area (Å²) in [5.41, 5.74) is 3.27. The Kier molecular flexibility index (Phi) is 4.08. The third-order valence-corrected chi connectivity index (χ3v) is 5.87. The number of hydrogen-bond acceptors (Lipinski definition) is 0. The van der Waals surface area contributed by atoms with Crippen LogP contribution < -0.4 is 0 Å². The molecule has 2 aliphatic rings. The van der Waals surface area contributed by atoms with Gasteiger partial charge in [-0.25, -0.2) is 0 Å². The SMILES string of the molecule is BrC(CCCC1CCCc2ccccc21)C1CC1. The third kappa shape index (κ3) is 2.99. The van der Waals surface area contributed by atoms with E-state index >= 15 is 0 Å². The van der Waals surface area contributed by atoms with Crippen molar-refractivity contribution in [1.29, 1.82) is 0 Å². The molecule has 1 aromatic carbocycles. The summed E-state index contributed by atoms with van der Waals surface area (Å²) in [6.07, 6.45) is 11.2. The maximum absolute atomic E-state index is 3.86. The maximum atomic E-state index is 3.86. The van der Waals surface area contributed by atoms with Crippen LogP contribution in [-0.4, -0.2) is 4.83 Å². The van der Waals surface area contributed by atoms with E-state index in [1.807, 2.05) is 0 Å². The fourth-order valence-corrected chi connectivity index (χ4v) is 4.26. The zero-order valence-corrected chi connectivity index (χ0v) is 12.7. The molecule has 1 aromatic rings. The van der Waals surface area contributed by atoms with Crippen molar-refractivity contribution in [2.24, 2.45) is 5.92 Å². The zero-order chi connectivity index (χ0) is 12.4. The minimum absolute atomic E-state index is 0.802. The van der Waals surface area contributed by atoms with Crippen LogP contribution in [-0.2, 0) is 6.42 Å². The summed E-state index contributed by atoms with van der Waals surface area (Å²) < 4.78 is 0. The van der Waals surface area contributed by atoms with Gasteiger partial charge in [-0.2, -0.15) is 0 Å². The normalized spacial score (nSPS) is 24.6. The van der Waals surface area contributed by atoms with Crippen LogP contribution in [0.4, 0.5) is 0 Å². The molecular formula is C17H23Br. The number of hydrogen-bond donors (Lipinski definition) is 0. The molecule has 0 bridgehead atoms. The molecule has 0 N–H and O–H groups in total. The third-order valence-electron chi connectivity index (χ3n) is 4.66. The highest BCUT2D eigenvalue weighted by Crippen LogP contribution is 2.40. The van der Waals surface area contributed by atoms with E-state index < -0.39 is 0 Å². The van der Waals surface area contributed by atoms with Gasteiger partial charge in [0.15, 0.2) is 0 Å². The summed E-state index contributed by atoms with van der Waals surface area (Å²) in [4.78, 5) is 0.802. The van der Waals surface area contributed by atoms with Crippen LogP contribution >= 0.6 is 15.9 Å². The molecule has 0 aliphatic heterocycles. The molecule has 1 saturated carbocycles. The van der Waals surface area contributed by atoms with Crippen LogP contribution in [0.1, 0.15) is 62.0 Å². The molecule has 0 aromatic heterocycles. The van der Waals surface area contributed by atoms with Gasteiger partial charge in [0.1, 0.15) is 0 Å². The molecule has 0 spiro atoms. The van der Waals surface area contributed by atoms with Crippen molar-refractivity contribution < 1.29 is 0 Å². The molecule has 3 rings (SSSR count). The minimum atomic E-state index is 0.802. The van der Waals surface area contributed by atoms with Gasteiger partial charge in [0.2, 0.25) is 0 Å². The Labute approximate surface area is 119 Å². The lowest BCUT2D eigenvalue weighted by Crippen LogP contribution is -2.10. The van der Waals surface area contributed by atoms with Gasteiger partial charge in [0.25, 0.3) is 0 Å². The lowest BCUT2D eigenvalue weighted by Gasteiger charge is -2.25. The Morgan fingerprint density at radius 3 is 2.83 bits per heavy atom. The minimum Gasteiger partial charge on any atom is -0.0888 e. The summed E-state index contributed by atoms with van der Waals surface area (Å²) in [7, 11) is 0. The Hall–Kier alpha value is -0.300. The van der Waals surface area contributed by atoms with E-state index in [-0.39, 0.29) is 0 Å². The molecule has 2 aliphatic carbocycles. The Bertz CT molecular complexity index is 394. The highest BCUT2D eigenvalue weighted by molar-refractivity contribution is 9.09. The number of alkyl halides is 1. The van der Waals surface area contributed by atoms with Gasteiger partial charge in [-0.05, 0) is 67.9 Å². The molecule has 0 saturated heterocycles. The van der Waals surface area contributed by atoms with E-state index in [0.717, 1.165) is 16.7 Å². The Balaban J connectivity index is 1.53. The number of halogens is 1. The average Bonchev–Trinajstić information content (AvgIpc) is 3.23. The van der Waals surface area contributed by atoms with Crippen molar-refractivity contribution in [3.05, 3.63) is 35.4 Å². The van der Waals surface area contributed by atoms with E-state index in [4.69, 9.17) is 0 Å². The molecule has 2 atom stereocenters. The first-order chi connectivity index (χ1) is 8.84. The van der Waals surface area contributed by atoms with E-state index in [1.165, 1.54) is 51.4 Å². The van der Waals surface area contributed by atoms with Crippen molar-refractivity contribution in [2.75, 3.05) is 0 Å². The van der Waals surface area contributed by atoms with Crippen molar-refractivity contribution >= 4 is 15.9 Å². The lowest BCUT2D eigenvalue weighted by molar-refractivity contribution is 0.488. The summed E-state index contributed by atoms with van der Waals surface area (Å²) in [6.45, 7) is 0. The second-order valence-electron chi connectivity index (χ2n) is 6.07. The van der Waals surface area contributed by atoms with Crippen molar-refractivity contribution in [3.63, 3.8) is 0 Å². The molecule has 1 fully saturated rings. The molecule has 98 valence electrons. The van der Waals surface area contributed by atoms with E-state index in [9.17, 15) is 0 Å². The largest absolute Gasteiger partial charge is 0.0888 e. The monoisotopic (exact) mass is 306 g/mol. The van der Waals surface area contributed by atoms with E-state index in [1.54, 1.807) is 11.1 Å². The van der Waals surface area contributed by atoms with E-state index in [0.29, 0.717) is 0 Å². The average molecular weight is 307 g/mol. The Morgan fingerprint density at radius 2 is 2.00 bits per heavy atom. The van der Waals surface area contributed by atoms with Crippen molar-refractivity contribution in [3.8, 4) is 0 Å². The van der Waals surface area contributed by atoms with Gasteiger partial charge in [0, 0.05) is 4.83 Å². The van der Waals surface area contributed by atoms with Crippen LogP contribution in [0.15, 0.2) is 24.3 Å². The van der Waals surface area contributed by atoms with Crippen LogP contribution in [0.3, 0.4) is 0 Å². The second-order valence-corrected chi connectivity index (χ2v) is 7.25. The van der Waals surface area contributed by atoms with E-state index in [2.05, 4.69) is 40.2 Å². The summed E-state index contributed by atoms with van der Waals surface area (Å²) in [5.74, 6) is 1.84. The number of benzene rings is 1. The van der Waals surface area contributed by atoms with Crippen LogP contribution in [0.25, 0.3) is 0 Å². The molecule has 18 heavy (non-hydrogen) atoms. The number of fused-ring (bicyclic) bond motifs is 1. The van der Waals surface area contributed by atoms with Gasteiger partial charge in [-0.3, -0.25) is 0 Å². The fourth-order valence-electron chi connectivity index (χ4n) is 3.41. The molecule has 0 amide bonds. The Morgan fingerprint density at radius 1 is 1.17 bits per heavy atom. The summed E-state index contributed by atoms with van der Waals surface area (Å²) in [6, 6.07) is 9.11. The van der Waals surface area contributed by atoms with Crippen LogP contribution in [0.5, 0.6) is 0 Å². The first kappa shape index (κ1) is 12.7. The quantitative estimate of drug-likeness (QED) is 0.634. The predicted molar refractivity (Wildman–Crippen MR) is 81.4 cm³/mol. The first-order valence-electron chi connectivity index (χ1n) is 7.56. The van der Waals surface area contributed by atoms with Crippen LogP contribution in [0.2, 0.25) is 0 Å². The molecule has 0 nitrogen and oxygen atoms in total. The van der Waals surface area contributed by atoms with Crippen molar-refractivity contribution in [1.82, 2.24) is 0 Å². The molecule has 0 heterocycles. The van der Waals surface area contributed by atoms with Gasteiger partial charge < -0.3 is 0 Å². The maximum Gasteiger partial charge on any atom is 0.0174 e. The molecule has 0 radical (unpaired) electrons. The highest BCUT2D eigenvalue weighted by atomic mass is 79.9. The first-order valence-corrected chi connectivity index (χ1v) is 8.48. The summed E-state index contributed by atoms with van der Waals surface area (Å²) >= 11 is 3.86. The number of aryl methyl sites for hydroxylation is 1.